The van der Waals surface area contributed by atoms with Gasteiger partial charge >= 0.3 is 0 Å². The minimum atomic E-state index is -0.417. The Hall–Kier alpha value is -1.59. The van der Waals surface area contributed by atoms with Gasteiger partial charge in [-0.15, -0.1) is 0 Å². The minimum absolute atomic E-state index is 0.0188. The Morgan fingerprint density at radius 1 is 1.38 bits per heavy atom. The van der Waals surface area contributed by atoms with Crippen molar-refractivity contribution in [1.29, 1.82) is 0 Å². The second-order valence-electron chi connectivity index (χ2n) is 6.97. The second-order valence-corrected chi connectivity index (χ2v) is 6.97. The van der Waals surface area contributed by atoms with Crippen LogP contribution in [0.2, 0.25) is 0 Å². The molecule has 0 saturated carbocycles. The molecule has 1 atom stereocenters. The van der Waals surface area contributed by atoms with Gasteiger partial charge in [0.25, 0.3) is 0 Å². The zero-order valence-electron chi connectivity index (χ0n) is 15.1. The van der Waals surface area contributed by atoms with Crippen molar-refractivity contribution < 1.29 is 14.3 Å². The van der Waals surface area contributed by atoms with Crippen molar-refractivity contribution >= 4 is 5.91 Å². The van der Waals surface area contributed by atoms with Gasteiger partial charge in [0.15, 0.2) is 0 Å². The van der Waals surface area contributed by atoms with E-state index < -0.39 is 5.91 Å². The van der Waals surface area contributed by atoms with Gasteiger partial charge in [0.1, 0.15) is 5.75 Å². The van der Waals surface area contributed by atoms with Crippen LogP contribution >= 0.6 is 0 Å². The first-order valence-electron chi connectivity index (χ1n) is 8.82. The first-order valence-corrected chi connectivity index (χ1v) is 8.82. The first-order chi connectivity index (χ1) is 11.4. The Kier molecular flexibility index (Phi) is 6.63. The monoisotopic (exact) mass is 334 g/mol. The molecule has 2 rings (SSSR count). The predicted molar refractivity (Wildman–Crippen MR) is 95.4 cm³/mol. The summed E-state index contributed by atoms with van der Waals surface area (Å²) in [7, 11) is 0. The smallest absolute Gasteiger partial charge is 0.248 e. The predicted octanol–water partition coefficient (Wildman–Crippen LogP) is 2.83. The molecule has 24 heavy (non-hydrogen) atoms. The molecule has 1 amide bonds. The molecule has 1 saturated heterocycles. The molecule has 1 aromatic rings. The third-order valence-corrected chi connectivity index (χ3v) is 4.59. The van der Waals surface area contributed by atoms with Gasteiger partial charge in [-0.05, 0) is 63.9 Å². The van der Waals surface area contributed by atoms with Crippen molar-refractivity contribution in [1.82, 2.24) is 4.90 Å². The van der Waals surface area contributed by atoms with Gasteiger partial charge in [0.05, 0.1) is 12.2 Å². The van der Waals surface area contributed by atoms with Gasteiger partial charge < -0.3 is 20.1 Å². The maximum Gasteiger partial charge on any atom is 0.248 e. The number of benzene rings is 1. The molecule has 134 valence electrons. The summed E-state index contributed by atoms with van der Waals surface area (Å²) in [5, 5.41) is 0. The van der Waals surface area contributed by atoms with E-state index in [1.165, 1.54) is 0 Å². The number of hydrogen-bond donors (Lipinski definition) is 1. The average Bonchev–Trinajstić information content (AvgIpc) is 2.54. The van der Waals surface area contributed by atoms with E-state index in [-0.39, 0.29) is 5.60 Å². The van der Waals surface area contributed by atoms with Crippen LogP contribution in [0.25, 0.3) is 0 Å². The molecule has 5 nitrogen and oxygen atoms in total. The SMILES string of the molecule is CCN(CCCOc1ccc(C(N)=O)cc1)C1CCOC(C)(C)C1. The molecule has 0 aromatic heterocycles. The van der Waals surface area contributed by atoms with Crippen molar-refractivity contribution in [3.63, 3.8) is 0 Å². The van der Waals surface area contributed by atoms with Crippen molar-refractivity contribution in [3.8, 4) is 5.75 Å². The Bertz CT molecular complexity index is 528. The number of carbonyl (C=O) groups excluding carboxylic acids is 1. The topological polar surface area (TPSA) is 64.8 Å². The number of nitrogens with zero attached hydrogens (tertiary/aromatic N) is 1. The molecule has 0 spiro atoms. The van der Waals surface area contributed by atoms with Crippen LogP contribution in [0, 0.1) is 0 Å². The fraction of sp³-hybridized carbons (Fsp3) is 0.632. The van der Waals surface area contributed by atoms with E-state index in [4.69, 9.17) is 15.2 Å². The van der Waals surface area contributed by atoms with Crippen LogP contribution in [0.4, 0.5) is 0 Å². The van der Waals surface area contributed by atoms with Gasteiger partial charge in [-0.1, -0.05) is 6.92 Å². The van der Waals surface area contributed by atoms with Crippen molar-refractivity contribution in [2.45, 2.75) is 51.7 Å². The van der Waals surface area contributed by atoms with Crippen LogP contribution in [-0.2, 0) is 4.74 Å². The Balaban J connectivity index is 1.74. The Morgan fingerprint density at radius 3 is 2.67 bits per heavy atom. The highest BCUT2D eigenvalue weighted by Crippen LogP contribution is 2.27. The number of ether oxygens (including phenoxy) is 2. The summed E-state index contributed by atoms with van der Waals surface area (Å²) in [6.07, 6.45) is 3.16. The summed E-state index contributed by atoms with van der Waals surface area (Å²) in [5.74, 6) is 0.356. The fourth-order valence-corrected chi connectivity index (χ4v) is 3.28. The number of rotatable bonds is 8. The largest absolute Gasteiger partial charge is 0.494 e. The highest BCUT2D eigenvalue weighted by Gasteiger charge is 2.31. The van der Waals surface area contributed by atoms with E-state index in [0.29, 0.717) is 18.2 Å². The van der Waals surface area contributed by atoms with Gasteiger partial charge in [-0.2, -0.15) is 0 Å². The fourth-order valence-electron chi connectivity index (χ4n) is 3.28. The number of nitrogens with two attached hydrogens (primary N) is 1. The lowest BCUT2D eigenvalue weighted by atomic mass is 9.92. The molecular weight excluding hydrogens is 304 g/mol. The van der Waals surface area contributed by atoms with Crippen molar-refractivity contribution in [2.24, 2.45) is 5.73 Å². The molecule has 1 aromatic carbocycles. The molecule has 1 heterocycles. The molecule has 0 bridgehead atoms. The van der Waals surface area contributed by atoms with Gasteiger partial charge in [0, 0.05) is 24.8 Å². The lowest BCUT2D eigenvalue weighted by Gasteiger charge is -2.41. The molecule has 0 aliphatic carbocycles. The number of amides is 1. The van der Waals surface area contributed by atoms with Gasteiger partial charge in [-0.3, -0.25) is 4.79 Å². The molecule has 1 aliphatic heterocycles. The highest BCUT2D eigenvalue weighted by atomic mass is 16.5. The molecule has 1 unspecified atom stereocenters. The Labute approximate surface area is 145 Å². The van der Waals surface area contributed by atoms with Crippen LogP contribution < -0.4 is 10.5 Å². The van der Waals surface area contributed by atoms with Crippen LogP contribution in [0.3, 0.4) is 0 Å². The van der Waals surface area contributed by atoms with Crippen molar-refractivity contribution in [3.05, 3.63) is 29.8 Å². The van der Waals surface area contributed by atoms with E-state index in [2.05, 4.69) is 25.7 Å². The molecule has 2 N–H and O–H groups in total. The summed E-state index contributed by atoms with van der Waals surface area (Å²) in [5.41, 5.74) is 5.71. The number of hydrogen-bond acceptors (Lipinski definition) is 4. The summed E-state index contributed by atoms with van der Waals surface area (Å²) >= 11 is 0. The Morgan fingerprint density at radius 2 is 2.08 bits per heavy atom. The molecule has 1 aliphatic rings. The third kappa shape index (κ3) is 5.49. The van der Waals surface area contributed by atoms with E-state index in [1.807, 2.05) is 0 Å². The summed E-state index contributed by atoms with van der Waals surface area (Å²) in [6.45, 7) is 10.1. The average molecular weight is 334 g/mol. The number of carbonyl (C=O) groups is 1. The van der Waals surface area contributed by atoms with Crippen LogP contribution in [-0.4, -0.2) is 48.8 Å². The van der Waals surface area contributed by atoms with E-state index in [1.54, 1.807) is 24.3 Å². The van der Waals surface area contributed by atoms with E-state index in [0.717, 1.165) is 44.7 Å². The summed E-state index contributed by atoms with van der Waals surface area (Å²) < 4.78 is 11.6. The summed E-state index contributed by atoms with van der Waals surface area (Å²) in [6, 6.07) is 7.56. The van der Waals surface area contributed by atoms with Gasteiger partial charge in [-0.25, -0.2) is 0 Å². The lowest BCUT2D eigenvalue weighted by molar-refractivity contribution is -0.0829. The minimum Gasteiger partial charge on any atom is -0.494 e. The maximum absolute atomic E-state index is 11.0. The number of primary amides is 1. The normalized spacial score (nSPS) is 20.1. The first kappa shape index (κ1) is 18.7. The highest BCUT2D eigenvalue weighted by molar-refractivity contribution is 5.92. The standard InChI is InChI=1S/C19H30N2O3/c1-4-21(16-10-13-24-19(2,3)14-16)11-5-12-23-17-8-6-15(7-9-17)18(20)22/h6-9,16H,4-5,10-14H2,1-3H3,(H2,20,22). The quantitative estimate of drug-likeness (QED) is 0.743. The van der Waals surface area contributed by atoms with Crippen molar-refractivity contribution in [2.75, 3.05) is 26.3 Å². The molecule has 1 fully saturated rings. The third-order valence-electron chi connectivity index (χ3n) is 4.59. The van der Waals surface area contributed by atoms with Gasteiger partial charge in [0.2, 0.25) is 5.91 Å². The van der Waals surface area contributed by atoms with Crippen LogP contribution in [0.5, 0.6) is 5.75 Å². The van der Waals surface area contributed by atoms with Crippen LogP contribution in [0.1, 0.15) is 50.4 Å². The zero-order chi connectivity index (χ0) is 17.6. The molecule has 0 radical (unpaired) electrons. The second kappa shape index (κ2) is 8.49. The molecule has 5 heteroatoms. The maximum atomic E-state index is 11.0. The molecular formula is C19H30N2O3. The summed E-state index contributed by atoms with van der Waals surface area (Å²) in [4.78, 5) is 13.6. The van der Waals surface area contributed by atoms with Crippen LogP contribution in [0.15, 0.2) is 24.3 Å². The lowest BCUT2D eigenvalue weighted by Crippen LogP contribution is -2.46. The van der Waals surface area contributed by atoms with E-state index in [9.17, 15) is 4.79 Å². The van der Waals surface area contributed by atoms with E-state index >= 15 is 0 Å². The zero-order valence-corrected chi connectivity index (χ0v) is 15.1.